The number of nitrogens with two attached hydrogens (primary N) is 1. The largest absolute Gasteiger partial charge is 0.323 e. The van der Waals surface area contributed by atoms with Crippen molar-refractivity contribution in [2.75, 3.05) is 0 Å². The van der Waals surface area contributed by atoms with Crippen LogP contribution in [-0.4, -0.2) is 6.21 Å². The van der Waals surface area contributed by atoms with E-state index in [0.717, 1.165) is 5.56 Å². The van der Waals surface area contributed by atoms with Crippen LogP contribution >= 0.6 is 22.6 Å². The monoisotopic (exact) mass is 246 g/mol. The number of nitrogens with zero attached hydrogens (tertiary/aromatic N) is 1. The third-order valence-electron chi connectivity index (χ3n) is 1.09. The van der Waals surface area contributed by atoms with Gasteiger partial charge in [-0.3, -0.25) is 0 Å². The predicted molar refractivity (Wildman–Crippen MR) is 50.9 cm³/mol. The molecule has 2 N–H and O–H groups in total. The molecule has 0 unspecified atom stereocenters. The molecule has 1 aromatic carbocycles. The molecule has 0 heterocycles. The van der Waals surface area contributed by atoms with Gasteiger partial charge in [0, 0.05) is 3.57 Å². The molecule has 0 aliphatic carbocycles. The number of hydrazone groups is 1. The van der Waals surface area contributed by atoms with E-state index in [0.29, 0.717) is 0 Å². The van der Waals surface area contributed by atoms with Gasteiger partial charge in [0.15, 0.2) is 0 Å². The number of benzene rings is 1. The van der Waals surface area contributed by atoms with E-state index in [1.165, 1.54) is 3.57 Å². The van der Waals surface area contributed by atoms with Crippen molar-refractivity contribution in [2.24, 2.45) is 10.9 Å². The molecule has 0 aliphatic heterocycles. The van der Waals surface area contributed by atoms with E-state index >= 15 is 0 Å². The maximum Gasteiger partial charge on any atom is 0.0538 e. The summed E-state index contributed by atoms with van der Waals surface area (Å²) in [4.78, 5) is 0. The topological polar surface area (TPSA) is 38.4 Å². The van der Waals surface area contributed by atoms with Crippen LogP contribution in [0.4, 0.5) is 0 Å². The van der Waals surface area contributed by atoms with Crippen LogP contribution in [0.3, 0.4) is 0 Å². The molecule has 52 valence electrons. The van der Waals surface area contributed by atoms with Gasteiger partial charge >= 0.3 is 0 Å². The van der Waals surface area contributed by atoms with Gasteiger partial charge in [0.25, 0.3) is 0 Å². The SMILES string of the molecule is N/N=C/c1ccc(I)cc1. The van der Waals surface area contributed by atoms with Gasteiger partial charge in [-0.2, -0.15) is 5.10 Å². The highest BCUT2D eigenvalue weighted by atomic mass is 127. The first-order chi connectivity index (χ1) is 4.83. The molecule has 0 bridgehead atoms. The summed E-state index contributed by atoms with van der Waals surface area (Å²) >= 11 is 2.25. The molecular weight excluding hydrogens is 239 g/mol. The summed E-state index contributed by atoms with van der Waals surface area (Å²) < 4.78 is 1.21. The van der Waals surface area contributed by atoms with Crippen LogP contribution in [0, 0.1) is 3.57 Å². The lowest BCUT2D eigenvalue weighted by Gasteiger charge is -1.90. The molecule has 0 spiro atoms. The quantitative estimate of drug-likeness (QED) is 0.347. The fourth-order valence-corrected chi connectivity index (χ4v) is 0.994. The summed E-state index contributed by atoms with van der Waals surface area (Å²) in [6.07, 6.45) is 1.62. The van der Waals surface area contributed by atoms with Crippen molar-refractivity contribution in [3.8, 4) is 0 Å². The Morgan fingerprint density at radius 1 is 1.30 bits per heavy atom. The van der Waals surface area contributed by atoms with E-state index in [1.54, 1.807) is 6.21 Å². The third-order valence-corrected chi connectivity index (χ3v) is 1.81. The van der Waals surface area contributed by atoms with Crippen molar-refractivity contribution in [1.29, 1.82) is 0 Å². The zero-order valence-electron chi connectivity index (χ0n) is 5.29. The Labute approximate surface area is 73.3 Å². The molecule has 10 heavy (non-hydrogen) atoms. The van der Waals surface area contributed by atoms with Gasteiger partial charge in [-0.15, -0.1) is 0 Å². The average Bonchev–Trinajstić information content (AvgIpc) is 1.95. The van der Waals surface area contributed by atoms with E-state index in [1.807, 2.05) is 24.3 Å². The van der Waals surface area contributed by atoms with Crippen molar-refractivity contribution in [3.05, 3.63) is 33.4 Å². The minimum atomic E-state index is 1.03. The van der Waals surface area contributed by atoms with Crippen LogP contribution in [0.2, 0.25) is 0 Å². The Balaban J connectivity index is 2.89. The molecule has 0 amide bonds. The van der Waals surface area contributed by atoms with Gasteiger partial charge in [0.2, 0.25) is 0 Å². The minimum absolute atomic E-state index is 1.03. The number of halogens is 1. The zero-order valence-corrected chi connectivity index (χ0v) is 7.45. The van der Waals surface area contributed by atoms with Crippen molar-refractivity contribution >= 4 is 28.8 Å². The van der Waals surface area contributed by atoms with Crippen molar-refractivity contribution in [2.45, 2.75) is 0 Å². The average molecular weight is 246 g/mol. The molecule has 1 rings (SSSR count). The Morgan fingerprint density at radius 2 is 1.90 bits per heavy atom. The van der Waals surface area contributed by atoms with Gasteiger partial charge in [-0.25, -0.2) is 0 Å². The highest BCUT2D eigenvalue weighted by Crippen LogP contribution is 2.04. The maximum atomic E-state index is 4.97. The summed E-state index contributed by atoms with van der Waals surface area (Å²) in [5, 5.41) is 3.41. The summed E-state index contributed by atoms with van der Waals surface area (Å²) in [6.45, 7) is 0. The number of hydrogen-bond acceptors (Lipinski definition) is 2. The number of rotatable bonds is 1. The lowest BCUT2D eigenvalue weighted by Crippen LogP contribution is -1.85. The fourth-order valence-electron chi connectivity index (χ4n) is 0.635. The second-order valence-electron chi connectivity index (χ2n) is 1.83. The molecular formula is C7H7IN2. The maximum absolute atomic E-state index is 4.97. The lowest BCUT2D eigenvalue weighted by atomic mass is 10.2. The molecule has 0 atom stereocenters. The van der Waals surface area contributed by atoms with Crippen LogP contribution < -0.4 is 5.84 Å². The fraction of sp³-hybridized carbons (Fsp3) is 0. The van der Waals surface area contributed by atoms with Crippen molar-refractivity contribution in [3.63, 3.8) is 0 Å². The smallest absolute Gasteiger partial charge is 0.0538 e. The van der Waals surface area contributed by atoms with Gasteiger partial charge < -0.3 is 5.84 Å². The summed E-state index contributed by atoms with van der Waals surface area (Å²) in [6, 6.07) is 7.96. The normalized spacial score (nSPS) is 10.5. The van der Waals surface area contributed by atoms with Gasteiger partial charge in [0.05, 0.1) is 6.21 Å². The summed E-state index contributed by atoms with van der Waals surface area (Å²) in [7, 11) is 0. The molecule has 1 aromatic rings. The van der Waals surface area contributed by atoms with Crippen molar-refractivity contribution in [1.82, 2.24) is 0 Å². The van der Waals surface area contributed by atoms with Gasteiger partial charge in [-0.1, -0.05) is 12.1 Å². The molecule has 0 radical (unpaired) electrons. The summed E-state index contributed by atoms with van der Waals surface area (Å²) in [5.74, 6) is 4.97. The van der Waals surface area contributed by atoms with E-state index in [2.05, 4.69) is 27.7 Å². The molecule has 0 saturated carbocycles. The molecule has 3 heteroatoms. The van der Waals surface area contributed by atoms with Crippen molar-refractivity contribution < 1.29 is 0 Å². The van der Waals surface area contributed by atoms with E-state index in [9.17, 15) is 0 Å². The molecule has 2 nitrogen and oxygen atoms in total. The third kappa shape index (κ3) is 1.98. The van der Waals surface area contributed by atoms with Gasteiger partial charge in [0.1, 0.15) is 0 Å². The first-order valence-corrected chi connectivity index (χ1v) is 3.89. The van der Waals surface area contributed by atoms with Crippen LogP contribution in [0.25, 0.3) is 0 Å². The second-order valence-corrected chi connectivity index (χ2v) is 3.08. The van der Waals surface area contributed by atoms with Crippen LogP contribution in [0.15, 0.2) is 29.4 Å². The van der Waals surface area contributed by atoms with Gasteiger partial charge in [-0.05, 0) is 40.3 Å². The van der Waals surface area contributed by atoms with Crippen LogP contribution in [0.5, 0.6) is 0 Å². The Hall–Kier alpha value is -0.580. The predicted octanol–water partition coefficient (Wildman–Crippen LogP) is 1.58. The zero-order chi connectivity index (χ0) is 7.40. The van der Waals surface area contributed by atoms with Crippen LogP contribution in [-0.2, 0) is 0 Å². The lowest BCUT2D eigenvalue weighted by molar-refractivity contribution is 1.26. The standard InChI is InChI=1S/C7H7IN2/c8-7-3-1-6(2-4-7)5-10-9/h1-5H,9H2/b10-5+. The Morgan fingerprint density at radius 3 is 2.40 bits per heavy atom. The highest BCUT2D eigenvalue weighted by Gasteiger charge is 1.85. The molecule has 0 aliphatic rings. The van der Waals surface area contributed by atoms with E-state index < -0.39 is 0 Å². The first kappa shape index (κ1) is 7.53. The van der Waals surface area contributed by atoms with Crippen LogP contribution in [0.1, 0.15) is 5.56 Å². The Bertz CT molecular complexity index is 228. The van der Waals surface area contributed by atoms with E-state index in [4.69, 9.17) is 5.84 Å². The second kappa shape index (κ2) is 3.55. The molecule has 0 saturated heterocycles. The Kier molecular flexibility index (Phi) is 2.68. The highest BCUT2D eigenvalue weighted by molar-refractivity contribution is 14.1. The van der Waals surface area contributed by atoms with E-state index in [-0.39, 0.29) is 0 Å². The summed E-state index contributed by atoms with van der Waals surface area (Å²) in [5.41, 5.74) is 1.03. The molecule has 0 aromatic heterocycles. The number of hydrogen-bond donors (Lipinski definition) is 1. The molecule has 0 fully saturated rings. The first-order valence-electron chi connectivity index (χ1n) is 2.82. The minimum Gasteiger partial charge on any atom is -0.323 e.